The minimum absolute atomic E-state index is 0.122. The van der Waals surface area contributed by atoms with Crippen molar-refractivity contribution in [3.8, 4) is 0 Å². The Labute approximate surface area is 93.6 Å². The van der Waals surface area contributed by atoms with Gasteiger partial charge in [0.1, 0.15) is 5.82 Å². The average molecular weight is 237 g/mol. The third-order valence-corrected chi connectivity index (χ3v) is 2.70. The second-order valence-electron chi connectivity index (χ2n) is 3.44. The monoisotopic (exact) mass is 237 g/mol. The number of anilines is 1. The molecule has 1 aliphatic rings. The maximum absolute atomic E-state index is 11.6. The van der Waals surface area contributed by atoms with Crippen molar-refractivity contribution in [2.75, 3.05) is 5.32 Å². The number of aromatic nitrogens is 6. The molecule has 3 rings (SSSR count). The molecule has 9 heteroatoms. The maximum Gasteiger partial charge on any atom is 0.297 e. The number of hydrogen-bond acceptors (Lipinski definition) is 7. The van der Waals surface area contributed by atoms with E-state index in [2.05, 4.69) is 35.3 Å². The highest BCUT2D eigenvalue weighted by molar-refractivity contribution is 7.09. The van der Waals surface area contributed by atoms with Crippen LogP contribution in [-0.2, 0) is 0 Å². The van der Waals surface area contributed by atoms with Gasteiger partial charge in [0.2, 0.25) is 11.0 Å². The van der Waals surface area contributed by atoms with Crippen molar-refractivity contribution < 1.29 is 4.79 Å². The molecule has 0 aliphatic heterocycles. The minimum Gasteiger partial charge on any atom is -0.292 e. The first kappa shape index (κ1) is 9.33. The molecule has 0 unspecified atom stereocenters. The largest absolute Gasteiger partial charge is 0.297 e. The molecule has 1 saturated carbocycles. The molecule has 1 amide bonds. The highest BCUT2D eigenvalue weighted by atomic mass is 32.1. The predicted octanol–water partition coefficient (Wildman–Crippen LogP) is 0.181. The third-order valence-electron chi connectivity index (χ3n) is 2.19. The summed E-state index contributed by atoms with van der Waals surface area (Å²) in [4.78, 5) is 15.7. The van der Waals surface area contributed by atoms with Crippen LogP contribution in [0.3, 0.4) is 0 Å². The Morgan fingerprint density at radius 2 is 2.38 bits per heavy atom. The number of H-pyrrole nitrogens is 1. The van der Waals surface area contributed by atoms with Crippen LogP contribution in [0.15, 0.2) is 0 Å². The van der Waals surface area contributed by atoms with E-state index in [0.717, 1.165) is 30.2 Å². The van der Waals surface area contributed by atoms with Gasteiger partial charge < -0.3 is 0 Å². The van der Waals surface area contributed by atoms with Crippen LogP contribution in [-0.4, -0.2) is 35.9 Å². The van der Waals surface area contributed by atoms with Crippen LogP contribution in [0.25, 0.3) is 0 Å². The Balaban J connectivity index is 1.73. The number of rotatable bonds is 3. The Bertz CT molecular complexity index is 503. The first-order valence-electron chi connectivity index (χ1n) is 4.71. The SMILES string of the molecule is O=C(Nc1nnns1)c1n[nH]c(C2CC2)n1. The summed E-state index contributed by atoms with van der Waals surface area (Å²) in [5.74, 6) is 0.941. The lowest BCUT2D eigenvalue weighted by molar-refractivity contribution is 0.101. The zero-order valence-electron chi connectivity index (χ0n) is 8.04. The lowest BCUT2D eigenvalue weighted by Crippen LogP contribution is -2.13. The number of hydrogen-bond donors (Lipinski definition) is 2. The van der Waals surface area contributed by atoms with Crippen molar-refractivity contribution in [2.24, 2.45) is 0 Å². The van der Waals surface area contributed by atoms with Gasteiger partial charge in [-0.05, 0) is 18.1 Å². The average Bonchev–Trinajstić information content (AvgIpc) is 2.82. The van der Waals surface area contributed by atoms with Gasteiger partial charge in [-0.3, -0.25) is 15.2 Å². The number of aromatic amines is 1. The fourth-order valence-electron chi connectivity index (χ4n) is 1.25. The van der Waals surface area contributed by atoms with E-state index in [4.69, 9.17) is 0 Å². The molecule has 1 fully saturated rings. The van der Waals surface area contributed by atoms with Gasteiger partial charge in [-0.25, -0.2) is 4.98 Å². The highest BCUT2D eigenvalue weighted by Crippen LogP contribution is 2.37. The van der Waals surface area contributed by atoms with Crippen molar-refractivity contribution in [1.29, 1.82) is 0 Å². The Morgan fingerprint density at radius 1 is 1.50 bits per heavy atom. The van der Waals surface area contributed by atoms with Gasteiger partial charge >= 0.3 is 0 Å². The molecule has 0 saturated heterocycles. The van der Waals surface area contributed by atoms with Crippen molar-refractivity contribution in [3.63, 3.8) is 0 Å². The topological polar surface area (TPSA) is 109 Å². The molecule has 0 radical (unpaired) electrons. The second-order valence-corrected chi connectivity index (χ2v) is 4.17. The van der Waals surface area contributed by atoms with E-state index in [1.54, 1.807) is 0 Å². The summed E-state index contributed by atoms with van der Waals surface area (Å²) in [6.07, 6.45) is 2.22. The van der Waals surface area contributed by atoms with Crippen LogP contribution in [0.4, 0.5) is 5.13 Å². The smallest absolute Gasteiger partial charge is 0.292 e. The van der Waals surface area contributed by atoms with E-state index in [0.29, 0.717) is 11.0 Å². The summed E-state index contributed by atoms with van der Waals surface area (Å²) in [6.45, 7) is 0. The molecule has 1 aliphatic carbocycles. The molecular formula is C7H7N7OS. The number of carbonyl (C=O) groups is 1. The Kier molecular flexibility index (Phi) is 2.10. The Morgan fingerprint density at radius 3 is 3.06 bits per heavy atom. The van der Waals surface area contributed by atoms with Crippen LogP contribution in [0.1, 0.15) is 35.2 Å². The standard InChI is InChI=1S/C7H7N7OS/c15-6(9-7-12-13-14-16-7)5-8-4(10-11-5)3-1-2-3/h3H,1-2H2,(H,8,10,11)(H,9,12,14,15). The maximum atomic E-state index is 11.6. The molecule has 0 bridgehead atoms. The molecule has 0 aromatic carbocycles. The normalized spacial score (nSPS) is 15.0. The van der Waals surface area contributed by atoms with Gasteiger partial charge in [0.05, 0.1) is 0 Å². The molecule has 2 N–H and O–H groups in total. The van der Waals surface area contributed by atoms with Crippen LogP contribution >= 0.6 is 11.5 Å². The van der Waals surface area contributed by atoms with E-state index >= 15 is 0 Å². The molecule has 0 atom stereocenters. The van der Waals surface area contributed by atoms with Gasteiger partial charge in [-0.15, -0.1) is 5.10 Å². The van der Waals surface area contributed by atoms with Gasteiger partial charge in [0.15, 0.2) is 0 Å². The molecule has 2 aromatic heterocycles. The van der Waals surface area contributed by atoms with Crippen molar-refractivity contribution in [3.05, 3.63) is 11.6 Å². The van der Waals surface area contributed by atoms with E-state index in [9.17, 15) is 4.79 Å². The third kappa shape index (κ3) is 1.76. The molecule has 8 nitrogen and oxygen atoms in total. The molecular weight excluding hydrogens is 230 g/mol. The summed E-state index contributed by atoms with van der Waals surface area (Å²) in [5.41, 5.74) is 0. The second kappa shape index (κ2) is 3.59. The zero-order chi connectivity index (χ0) is 11.0. The fourth-order valence-corrected chi connectivity index (χ4v) is 1.61. The summed E-state index contributed by atoms with van der Waals surface area (Å²) in [6, 6.07) is 0. The van der Waals surface area contributed by atoms with E-state index < -0.39 is 5.91 Å². The fraction of sp³-hybridized carbons (Fsp3) is 0.429. The van der Waals surface area contributed by atoms with E-state index in [-0.39, 0.29) is 5.82 Å². The van der Waals surface area contributed by atoms with Gasteiger partial charge in [-0.2, -0.15) is 0 Å². The van der Waals surface area contributed by atoms with Crippen LogP contribution < -0.4 is 5.32 Å². The zero-order valence-corrected chi connectivity index (χ0v) is 8.86. The van der Waals surface area contributed by atoms with Crippen molar-refractivity contribution in [2.45, 2.75) is 18.8 Å². The van der Waals surface area contributed by atoms with Crippen molar-refractivity contribution >= 4 is 22.6 Å². The quantitative estimate of drug-likeness (QED) is 0.788. The van der Waals surface area contributed by atoms with Gasteiger partial charge in [0, 0.05) is 17.5 Å². The predicted molar refractivity (Wildman–Crippen MR) is 54.0 cm³/mol. The highest BCUT2D eigenvalue weighted by Gasteiger charge is 2.28. The van der Waals surface area contributed by atoms with Crippen LogP contribution in [0.2, 0.25) is 0 Å². The summed E-state index contributed by atoms with van der Waals surface area (Å²) in [7, 11) is 0. The molecule has 2 heterocycles. The molecule has 82 valence electrons. The summed E-state index contributed by atoms with van der Waals surface area (Å²) in [5, 5.41) is 16.4. The minimum atomic E-state index is -0.401. The number of amides is 1. The molecule has 0 spiro atoms. The molecule has 16 heavy (non-hydrogen) atoms. The lowest BCUT2D eigenvalue weighted by Gasteiger charge is -1.93. The lowest BCUT2D eigenvalue weighted by atomic mass is 10.4. The number of carbonyl (C=O) groups excluding carboxylic acids is 1. The number of nitrogens with one attached hydrogen (secondary N) is 2. The molecule has 2 aromatic rings. The van der Waals surface area contributed by atoms with Gasteiger partial charge in [0.25, 0.3) is 5.91 Å². The number of nitrogens with zero attached hydrogens (tertiary/aromatic N) is 5. The van der Waals surface area contributed by atoms with E-state index in [1.165, 1.54) is 0 Å². The van der Waals surface area contributed by atoms with Crippen molar-refractivity contribution in [1.82, 2.24) is 30.0 Å². The van der Waals surface area contributed by atoms with Gasteiger partial charge in [-0.1, -0.05) is 9.59 Å². The first-order chi connectivity index (χ1) is 7.83. The van der Waals surface area contributed by atoms with Crippen LogP contribution in [0.5, 0.6) is 0 Å². The summed E-state index contributed by atoms with van der Waals surface area (Å²) >= 11 is 1.00. The Hall–Kier alpha value is -1.90. The van der Waals surface area contributed by atoms with Crippen LogP contribution in [0, 0.1) is 0 Å². The summed E-state index contributed by atoms with van der Waals surface area (Å²) < 4.78 is 3.53. The first-order valence-corrected chi connectivity index (χ1v) is 5.49. The van der Waals surface area contributed by atoms with E-state index in [1.807, 2.05) is 0 Å².